The van der Waals surface area contributed by atoms with Crippen LogP contribution in [0.1, 0.15) is 20.3 Å². The second-order valence-electron chi connectivity index (χ2n) is 5.26. The number of ether oxygens (including phenoxy) is 1. The van der Waals surface area contributed by atoms with Crippen molar-refractivity contribution in [2.45, 2.75) is 32.0 Å². The fourth-order valence-corrected chi connectivity index (χ4v) is 2.19. The number of pyridine rings is 1. The first-order valence-electron chi connectivity index (χ1n) is 6.04. The van der Waals surface area contributed by atoms with E-state index in [2.05, 4.69) is 9.88 Å². The molecule has 0 aromatic carbocycles. The topological polar surface area (TPSA) is 45.6 Å². The number of aliphatic hydroxyl groups is 1. The molecule has 4 nitrogen and oxygen atoms in total. The Kier molecular flexibility index (Phi) is 3.64. The molecule has 0 saturated carbocycles. The zero-order valence-corrected chi connectivity index (χ0v) is 10.5. The first-order chi connectivity index (χ1) is 8.03. The van der Waals surface area contributed by atoms with Crippen LogP contribution in [-0.2, 0) is 0 Å². The molecule has 0 bridgehead atoms. The van der Waals surface area contributed by atoms with Crippen molar-refractivity contribution in [3.05, 3.63) is 24.5 Å². The zero-order chi connectivity index (χ0) is 12.3. The molecule has 1 aromatic rings. The van der Waals surface area contributed by atoms with E-state index in [0.717, 1.165) is 25.3 Å². The predicted octanol–water partition coefficient (Wildman–Crippen LogP) is 1.31. The van der Waals surface area contributed by atoms with Gasteiger partial charge in [-0.15, -0.1) is 0 Å². The van der Waals surface area contributed by atoms with E-state index in [1.54, 1.807) is 12.4 Å². The molecule has 0 amide bonds. The van der Waals surface area contributed by atoms with Gasteiger partial charge in [0.25, 0.3) is 0 Å². The van der Waals surface area contributed by atoms with Gasteiger partial charge in [0.2, 0.25) is 0 Å². The van der Waals surface area contributed by atoms with Gasteiger partial charge >= 0.3 is 0 Å². The highest BCUT2D eigenvalue weighted by Crippen LogP contribution is 2.19. The van der Waals surface area contributed by atoms with Crippen molar-refractivity contribution in [3.63, 3.8) is 0 Å². The van der Waals surface area contributed by atoms with E-state index < -0.39 is 5.60 Å². The van der Waals surface area contributed by atoms with Crippen LogP contribution in [0.2, 0.25) is 0 Å². The highest BCUT2D eigenvalue weighted by atomic mass is 16.5. The monoisotopic (exact) mass is 236 g/mol. The van der Waals surface area contributed by atoms with Crippen LogP contribution < -0.4 is 4.74 Å². The fraction of sp³-hybridized carbons (Fsp3) is 0.615. The fourth-order valence-electron chi connectivity index (χ4n) is 2.19. The summed E-state index contributed by atoms with van der Waals surface area (Å²) in [5.74, 6) is 0.870. The summed E-state index contributed by atoms with van der Waals surface area (Å²) in [6, 6.07) is 3.75. The summed E-state index contributed by atoms with van der Waals surface area (Å²) < 4.78 is 5.86. The van der Waals surface area contributed by atoms with Gasteiger partial charge in [0.15, 0.2) is 0 Å². The normalized spacial score (nSPS) is 21.7. The van der Waals surface area contributed by atoms with Crippen LogP contribution in [-0.4, -0.2) is 46.3 Å². The van der Waals surface area contributed by atoms with E-state index >= 15 is 0 Å². The van der Waals surface area contributed by atoms with Gasteiger partial charge in [0.05, 0.1) is 5.60 Å². The van der Waals surface area contributed by atoms with Crippen LogP contribution in [0.5, 0.6) is 5.75 Å². The third-order valence-corrected chi connectivity index (χ3v) is 2.79. The number of β-amino-alcohol motifs (C(OH)–C–C–N with tert-alkyl or cyclic N) is 1. The summed E-state index contributed by atoms with van der Waals surface area (Å²) in [6.45, 7) is 6.24. The van der Waals surface area contributed by atoms with Crippen LogP contribution >= 0.6 is 0 Å². The first kappa shape index (κ1) is 12.3. The van der Waals surface area contributed by atoms with Crippen molar-refractivity contribution in [2.24, 2.45) is 0 Å². The summed E-state index contributed by atoms with van der Waals surface area (Å²) in [4.78, 5) is 6.20. The average Bonchev–Trinajstić information content (AvgIpc) is 2.64. The summed E-state index contributed by atoms with van der Waals surface area (Å²) in [7, 11) is 0. The number of hydrogen-bond acceptors (Lipinski definition) is 4. The molecule has 2 rings (SSSR count). The number of hydrogen-bond donors (Lipinski definition) is 1. The lowest BCUT2D eigenvalue weighted by Gasteiger charge is -2.25. The van der Waals surface area contributed by atoms with E-state index in [1.807, 2.05) is 26.0 Å². The highest BCUT2D eigenvalue weighted by Gasteiger charge is 2.27. The molecule has 4 heteroatoms. The Morgan fingerprint density at radius 1 is 1.47 bits per heavy atom. The molecular formula is C13H20N2O2. The van der Waals surface area contributed by atoms with Gasteiger partial charge in [-0.1, -0.05) is 0 Å². The number of rotatable bonds is 4. The molecule has 94 valence electrons. The van der Waals surface area contributed by atoms with Gasteiger partial charge in [-0.05, 0) is 32.4 Å². The molecule has 0 radical (unpaired) electrons. The molecule has 17 heavy (non-hydrogen) atoms. The van der Waals surface area contributed by atoms with Crippen LogP contribution in [0.25, 0.3) is 0 Å². The molecule has 0 aliphatic carbocycles. The molecule has 2 heterocycles. The van der Waals surface area contributed by atoms with Gasteiger partial charge in [-0.2, -0.15) is 0 Å². The Bertz CT molecular complexity index is 348. The lowest BCUT2D eigenvalue weighted by atomic mass is 10.1. The van der Waals surface area contributed by atoms with E-state index in [1.165, 1.54) is 0 Å². The molecule has 1 fully saturated rings. The molecule has 1 atom stereocenters. The second kappa shape index (κ2) is 5.02. The number of likely N-dealkylation sites (tertiary alicyclic amines) is 1. The third-order valence-electron chi connectivity index (χ3n) is 2.79. The number of aromatic nitrogens is 1. The van der Waals surface area contributed by atoms with Crippen LogP contribution in [0.3, 0.4) is 0 Å². The van der Waals surface area contributed by atoms with E-state index in [0.29, 0.717) is 6.54 Å². The van der Waals surface area contributed by atoms with Crippen molar-refractivity contribution in [2.75, 3.05) is 19.6 Å². The van der Waals surface area contributed by atoms with Crippen LogP contribution in [0.15, 0.2) is 24.5 Å². The maximum absolute atomic E-state index is 9.76. The first-order valence-corrected chi connectivity index (χ1v) is 6.04. The zero-order valence-electron chi connectivity index (χ0n) is 10.5. The molecular weight excluding hydrogens is 216 g/mol. The Balaban J connectivity index is 1.82. The van der Waals surface area contributed by atoms with Crippen molar-refractivity contribution in [3.8, 4) is 5.75 Å². The Morgan fingerprint density at radius 3 is 2.82 bits per heavy atom. The molecule has 0 spiro atoms. The molecule has 1 aromatic heterocycles. The lowest BCUT2D eigenvalue weighted by molar-refractivity contribution is 0.0407. The molecule has 1 saturated heterocycles. The Hall–Kier alpha value is -1.13. The Morgan fingerprint density at radius 2 is 2.18 bits per heavy atom. The van der Waals surface area contributed by atoms with Crippen molar-refractivity contribution >= 4 is 0 Å². The minimum absolute atomic E-state index is 0.222. The van der Waals surface area contributed by atoms with Crippen molar-refractivity contribution in [1.29, 1.82) is 0 Å². The van der Waals surface area contributed by atoms with Crippen molar-refractivity contribution in [1.82, 2.24) is 9.88 Å². The van der Waals surface area contributed by atoms with Crippen molar-refractivity contribution < 1.29 is 9.84 Å². The second-order valence-corrected chi connectivity index (χ2v) is 5.26. The quantitative estimate of drug-likeness (QED) is 0.856. The average molecular weight is 236 g/mol. The maximum Gasteiger partial charge on any atom is 0.122 e. The molecule has 1 aliphatic rings. The maximum atomic E-state index is 9.76. The van der Waals surface area contributed by atoms with Gasteiger partial charge in [-0.25, -0.2) is 0 Å². The van der Waals surface area contributed by atoms with E-state index in [4.69, 9.17) is 4.74 Å². The summed E-state index contributed by atoms with van der Waals surface area (Å²) in [6.07, 6.45) is 4.70. The largest absolute Gasteiger partial charge is 0.489 e. The SMILES string of the molecule is CC(C)(O)CN1CCC(Oc2ccncc2)C1. The third kappa shape index (κ3) is 3.98. The summed E-state index contributed by atoms with van der Waals surface area (Å²) in [5.41, 5.74) is -0.633. The lowest BCUT2D eigenvalue weighted by Crippen LogP contribution is -2.38. The van der Waals surface area contributed by atoms with Crippen LogP contribution in [0.4, 0.5) is 0 Å². The summed E-state index contributed by atoms with van der Waals surface area (Å²) in [5, 5.41) is 9.76. The summed E-state index contributed by atoms with van der Waals surface area (Å²) >= 11 is 0. The standard InChI is InChI=1S/C13H20N2O2/c1-13(2,16)10-15-8-5-12(9-15)17-11-3-6-14-7-4-11/h3-4,6-7,12,16H,5,8-10H2,1-2H3. The molecule has 1 N–H and O–H groups in total. The highest BCUT2D eigenvalue weighted by molar-refractivity contribution is 5.17. The van der Waals surface area contributed by atoms with E-state index in [-0.39, 0.29) is 6.10 Å². The smallest absolute Gasteiger partial charge is 0.122 e. The van der Waals surface area contributed by atoms with Gasteiger partial charge < -0.3 is 9.84 Å². The van der Waals surface area contributed by atoms with Gasteiger partial charge in [0, 0.05) is 32.0 Å². The Labute approximate surface area is 102 Å². The van der Waals surface area contributed by atoms with E-state index in [9.17, 15) is 5.11 Å². The predicted molar refractivity (Wildman–Crippen MR) is 66.0 cm³/mol. The number of nitrogens with zero attached hydrogens (tertiary/aromatic N) is 2. The minimum atomic E-state index is -0.633. The molecule has 1 unspecified atom stereocenters. The minimum Gasteiger partial charge on any atom is -0.489 e. The van der Waals surface area contributed by atoms with Gasteiger partial charge in [-0.3, -0.25) is 9.88 Å². The molecule has 1 aliphatic heterocycles. The van der Waals surface area contributed by atoms with Gasteiger partial charge in [0.1, 0.15) is 11.9 Å². The van der Waals surface area contributed by atoms with Crippen LogP contribution in [0, 0.1) is 0 Å².